The quantitative estimate of drug-likeness (QED) is 0.322. The average molecular weight is 515 g/mol. The minimum atomic E-state index is -4.48. The summed E-state index contributed by atoms with van der Waals surface area (Å²) in [6.07, 6.45) is 3.19. The SMILES string of the molecule is FC(F)(F)c1ccc2c(-c3ccnc(NCCN4CCCCCC4)n3)c(-c3cccc(Cl)c3)nn2c1. The molecule has 4 aromatic rings. The van der Waals surface area contributed by atoms with E-state index in [4.69, 9.17) is 16.6 Å². The van der Waals surface area contributed by atoms with E-state index in [1.807, 2.05) is 6.07 Å². The molecule has 0 bridgehead atoms. The van der Waals surface area contributed by atoms with E-state index in [0.29, 0.717) is 45.5 Å². The van der Waals surface area contributed by atoms with Crippen molar-refractivity contribution in [3.63, 3.8) is 0 Å². The molecule has 1 aliphatic rings. The zero-order valence-corrected chi connectivity index (χ0v) is 20.4. The first kappa shape index (κ1) is 24.5. The van der Waals surface area contributed by atoms with E-state index < -0.39 is 11.7 Å². The molecule has 6 nitrogen and oxygen atoms in total. The van der Waals surface area contributed by atoms with Crippen LogP contribution in [0.2, 0.25) is 5.02 Å². The maximum absolute atomic E-state index is 13.4. The zero-order valence-electron chi connectivity index (χ0n) is 19.6. The first-order valence-electron chi connectivity index (χ1n) is 12.0. The number of fused-ring (bicyclic) bond motifs is 1. The minimum absolute atomic E-state index is 0.464. The number of alkyl halides is 3. The van der Waals surface area contributed by atoms with Gasteiger partial charge in [0.25, 0.3) is 0 Å². The van der Waals surface area contributed by atoms with Crippen LogP contribution >= 0.6 is 11.6 Å². The lowest BCUT2D eigenvalue weighted by Gasteiger charge is -2.19. The van der Waals surface area contributed by atoms with Gasteiger partial charge in [-0.25, -0.2) is 14.5 Å². The van der Waals surface area contributed by atoms with Gasteiger partial charge >= 0.3 is 6.18 Å². The van der Waals surface area contributed by atoms with E-state index in [2.05, 4.69) is 20.3 Å². The smallest absolute Gasteiger partial charge is 0.353 e. The van der Waals surface area contributed by atoms with E-state index >= 15 is 0 Å². The summed E-state index contributed by atoms with van der Waals surface area (Å²) in [6.45, 7) is 3.81. The van der Waals surface area contributed by atoms with E-state index in [-0.39, 0.29) is 0 Å². The van der Waals surface area contributed by atoms with Crippen molar-refractivity contribution in [2.45, 2.75) is 31.9 Å². The Bertz CT molecular complexity index is 1350. The van der Waals surface area contributed by atoms with Gasteiger partial charge in [0.1, 0.15) is 5.69 Å². The first-order valence-corrected chi connectivity index (χ1v) is 12.4. The van der Waals surface area contributed by atoms with Crippen LogP contribution in [0.15, 0.2) is 54.9 Å². The number of anilines is 1. The molecule has 0 saturated carbocycles. The first-order chi connectivity index (χ1) is 17.4. The summed E-state index contributed by atoms with van der Waals surface area (Å²) in [5.41, 5.74) is 2.08. The van der Waals surface area contributed by atoms with Crippen LogP contribution in [-0.4, -0.2) is 50.7 Å². The molecule has 0 amide bonds. The highest BCUT2D eigenvalue weighted by molar-refractivity contribution is 6.30. The molecule has 1 fully saturated rings. The number of hydrogen-bond donors (Lipinski definition) is 1. The van der Waals surface area contributed by atoms with Crippen molar-refractivity contribution in [3.05, 3.63) is 65.4 Å². The second kappa shape index (κ2) is 10.4. The molecule has 1 saturated heterocycles. The average Bonchev–Trinajstić information content (AvgIpc) is 3.04. The molecule has 0 radical (unpaired) electrons. The van der Waals surface area contributed by atoms with Gasteiger partial charge in [-0.1, -0.05) is 36.6 Å². The fourth-order valence-corrected chi connectivity index (χ4v) is 4.77. The second-order valence-corrected chi connectivity index (χ2v) is 9.36. The molecule has 36 heavy (non-hydrogen) atoms. The molecule has 1 N–H and O–H groups in total. The van der Waals surface area contributed by atoms with Crippen molar-refractivity contribution in [1.29, 1.82) is 0 Å². The van der Waals surface area contributed by atoms with Crippen molar-refractivity contribution in [2.24, 2.45) is 0 Å². The molecule has 3 aromatic heterocycles. The Labute approximate surface area is 212 Å². The Morgan fingerprint density at radius 1 is 1.00 bits per heavy atom. The molecule has 0 atom stereocenters. The standard InChI is InChI=1S/C26H26ClF3N6/c27-20-7-5-6-18(16-20)24-23(22-9-8-19(26(28,29)30)17-36(22)34-24)21-10-11-31-25(33-21)32-12-15-35-13-3-1-2-4-14-35/h5-11,16-17H,1-4,12-15H2,(H,31,32,33). The molecule has 10 heteroatoms. The highest BCUT2D eigenvalue weighted by Gasteiger charge is 2.31. The van der Waals surface area contributed by atoms with Crippen LogP contribution in [-0.2, 0) is 6.18 Å². The Morgan fingerprint density at radius 2 is 1.81 bits per heavy atom. The monoisotopic (exact) mass is 514 g/mol. The molecular formula is C26H26ClF3N6. The van der Waals surface area contributed by atoms with Gasteiger partial charge in [-0.2, -0.15) is 18.3 Å². The van der Waals surface area contributed by atoms with Crippen molar-refractivity contribution in [2.75, 3.05) is 31.5 Å². The van der Waals surface area contributed by atoms with Gasteiger partial charge in [0.05, 0.1) is 22.3 Å². The molecular weight excluding hydrogens is 489 g/mol. The summed E-state index contributed by atoms with van der Waals surface area (Å²) in [4.78, 5) is 11.5. The van der Waals surface area contributed by atoms with Crippen molar-refractivity contribution >= 4 is 23.1 Å². The molecule has 0 aliphatic carbocycles. The fourth-order valence-electron chi connectivity index (χ4n) is 4.58. The number of nitrogens with one attached hydrogen (secondary N) is 1. The lowest BCUT2D eigenvalue weighted by Crippen LogP contribution is -2.30. The van der Waals surface area contributed by atoms with Crippen molar-refractivity contribution in [3.8, 4) is 22.5 Å². The number of rotatable bonds is 6. The Morgan fingerprint density at radius 3 is 2.56 bits per heavy atom. The Balaban J connectivity index is 1.49. The lowest BCUT2D eigenvalue weighted by molar-refractivity contribution is -0.137. The fraction of sp³-hybridized carbons (Fsp3) is 0.346. The summed E-state index contributed by atoms with van der Waals surface area (Å²) < 4.78 is 41.3. The number of benzene rings is 1. The van der Waals surface area contributed by atoms with Gasteiger partial charge < -0.3 is 10.2 Å². The van der Waals surface area contributed by atoms with Gasteiger partial charge in [0.15, 0.2) is 0 Å². The topological polar surface area (TPSA) is 58.4 Å². The molecule has 1 aliphatic heterocycles. The van der Waals surface area contributed by atoms with Crippen molar-refractivity contribution in [1.82, 2.24) is 24.5 Å². The highest BCUT2D eigenvalue weighted by atomic mass is 35.5. The third kappa shape index (κ3) is 5.47. The van der Waals surface area contributed by atoms with Gasteiger partial charge in [-0.15, -0.1) is 0 Å². The van der Waals surface area contributed by atoms with Crippen LogP contribution in [0, 0.1) is 0 Å². The molecule has 188 valence electrons. The number of aromatic nitrogens is 4. The van der Waals surface area contributed by atoms with Gasteiger partial charge in [-0.05, 0) is 56.3 Å². The molecule has 0 spiro atoms. The zero-order chi connectivity index (χ0) is 25.1. The number of hydrogen-bond acceptors (Lipinski definition) is 5. The van der Waals surface area contributed by atoms with Crippen LogP contribution in [0.4, 0.5) is 19.1 Å². The predicted molar refractivity (Wildman–Crippen MR) is 135 cm³/mol. The van der Waals surface area contributed by atoms with E-state index in [1.165, 1.54) is 36.3 Å². The molecule has 5 rings (SSSR count). The third-order valence-electron chi connectivity index (χ3n) is 6.38. The number of nitrogens with zero attached hydrogens (tertiary/aromatic N) is 5. The van der Waals surface area contributed by atoms with Crippen LogP contribution in [0.5, 0.6) is 0 Å². The van der Waals surface area contributed by atoms with Crippen LogP contribution in [0.25, 0.3) is 28.0 Å². The van der Waals surface area contributed by atoms with Crippen LogP contribution < -0.4 is 5.32 Å². The number of halogens is 4. The highest BCUT2D eigenvalue weighted by Crippen LogP contribution is 2.37. The third-order valence-corrected chi connectivity index (χ3v) is 6.61. The summed E-state index contributed by atoms with van der Waals surface area (Å²) in [6, 6.07) is 11.3. The Hall–Kier alpha value is -3.17. The minimum Gasteiger partial charge on any atom is -0.353 e. The predicted octanol–water partition coefficient (Wildman–Crippen LogP) is 6.42. The maximum Gasteiger partial charge on any atom is 0.417 e. The van der Waals surface area contributed by atoms with Gasteiger partial charge in [-0.3, -0.25) is 0 Å². The molecule has 0 unspecified atom stereocenters. The Kier molecular flexibility index (Phi) is 7.11. The van der Waals surface area contributed by atoms with Crippen LogP contribution in [0.3, 0.4) is 0 Å². The summed E-state index contributed by atoms with van der Waals surface area (Å²) in [5, 5.41) is 8.31. The summed E-state index contributed by atoms with van der Waals surface area (Å²) in [7, 11) is 0. The lowest BCUT2D eigenvalue weighted by atomic mass is 10.0. The number of likely N-dealkylation sites (tertiary alicyclic amines) is 1. The van der Waals surface area contributed by atoms with Crippen LogP contribution in [0.1, 0.15) is 31.2 Å². The normalized spacial score (nSPS) is 15.2. The largest absolute Gasteiger partial charge is 0.417 e. The van der Waals surface area contributed by atoms with E-state index in [1.54, 1.807) is 30.5 Å². The molecule has 1 aromatic carbocycles. The summed E-state index contributed by atoms with van der Waals surface area (Å²) in [5.74, 6) is 0.464. The van der Waals surface area contributed by atoms with E-state index in [0.717, 1.165) is 31.9 Å². The number of pyridine rings is 1. The van der Waals surface area contributed by atoms with E-state index in [9.17, 15) is 13.2 Å². The molecule has 4 heterocycles. The second-order valence-electron chi connectivity index (χ2n) is 8.93. The van der Waals surface area contributed by atoms with Crippen molar-refractivity contribution < 1.29 is 13.2 Å². The summed E-state index contributed by atoms with van der Waals surface area (Å²) >= 11 is 6.21. The maximum atomic E-state index is 13.4. The van der Waals surface area contributed by atoms with Gasteiger partial charge in [0, 0.05) is 36.1 Å². The van der Waals surface area contributed by atoms with Gasteiger partial charge in [0.2, 0.25) is 5.95 Å².